The van der Waals surface area contributed by atoms with Crippen molar-refractivity contribution in [1.29, 1.82) is 0 Å². The Morgan fingerprint density at radius 2 is 2.14 bits per heavy atom. The van der Waals surface area contributed by atoms with Crippen molar-refractivity contribution in [3.63, 3.8) is 0 Å². The lowest BCUT2D eigenvalue weighted by Gasteiger charge is -2.13. The molecule has 0 spiro atoms. The molecule has 21 heavy (non-hydrogen) atoms. The van der Waals surface area contributed by atoms with Crippen LogP contribution < -0.4 is 16.0 Å². The highest BCUT2D eigenvalue weighted by Crippen LogP contribution is 2.13. The molecule has 2 rings (SSSR count). The van der Waals surface area contributed by atoms with E-state index in [2.05, 4.69) is 15.5 Å². The average molecular weight is 289 g/mol. The molecular formula is C13H15N5O3. The molecule has 0 unspecified atom stereocenters. The van der Waals surface area contributed by atoms with Gasteiger partial charge in [-0.25, -0.2) is 0 Å². The zero-order valence-electron chi connectivity index (χ0n) is 11.7. The number of amides is 2. The summed E-state index contributed by atoms with van der Waals surface area (Å²) >= 11 is 0. The van der Waals surface area contributed by atoms with E-state index in [1.165, 1.54) is 0 Å². The number of nitrogens with zero attached hydrogens (tertiary/aromatic N) is 3. The molecule has 0 atom stereocenters. The molecule has 8 heteroatoms. The molecule has 3 N–H and O–H groups in total. The SMILES string of the molecule is CN(C)c1cccc(C(=O)NCc2nc(C(N)=O)no2)c1. The van der Waals surface area contributed by atoms with Crippen molar-refractivity contribution >= 4 is 17.5 Å². The number of carbonyl (C=O) groups is 2. The third kappa shape index (κ3) is 3.56. The molecule has 0 saturated heterocycles. The van der Waals surface area contributed by atoms with Crippen molar-refractivity contribution in [1.82, 2.24) is 15.5 Å². The summed E-state index contributed by atoms with van der Waals surface area (Å²) in [6.45, 7) is 0.0192. The number of nitrogens with one attached hydrogen (secondary N) is 1. The Bertz CT molecular complexity index is 665. The molecule has 0 bridgehead atoms. The third-order valence-electron chi connectivity index (χ3n) is 2.71. The maximum atomic E-state index is 12.0. The summed E-state index contributed by atoms with van der Waals surface area (Å²) in [7, 11) is 3.78. The van der Waals surface area contributed by atoms with Crippen molar-refractivity contribution in [3.05, 3.63) is 41.5 Å². The Morgan fingerprint density at radius 1 is 1.38 bits per heavy atom. The first-order valence-corrected chi connectivity index (χ1v) is 6.15. The molecule has 110 valence electrons. The van der Waals surface area contributed by atoms with Gasteiger partial charge in [0.25, 0.3) is 17.6 Å². The molecule has 8 nitrogen and oxygen atoms in total. The molecule has 0 aliphatic carbocycles. The smallest absolute Gasteiger partial charge is 0.290 e. The molecule has 0 aliphatic rings. The van der Waals surface area contributed by atoms with Gasteiger partial charge in [0.05, 0.1) is 6.54 Å². The average Bonchev–Trinajstić information content (AvgIpc) is 2.94. The number of aromatic nitrogens is 2. The summed E-state index contributed by atoms with van der Waals surface area (Å²) in [4.78, 5) is 28.5. The second-order valence-electron chi connectivity index (χ2n) is 4.50. The highest BCUT2D eigenvalue weighted by Gasteiger charge is 2.12. The maximum Gasteiger partial charge on any atom is 0.290 e. The number of nitrogens with two attached hydrogens (primary N) is 1. The van der Waals surface area contributed by atoms with Crippen LogP contribution in [0.5, 0.6) is 0 Å². The molecule has 1 heterocycles. The van der Waals surface area contributed by atoms with Gasteiger partial charge >= 0.3 is 0 Å². The lowest BCUT2D eigenvalue weighted by Crippen LogP contribution is -2.23. The second-order valence-corrected chi connectivity index (χ2v) is 4.50. The standard InChI is InChI=1S/C13H15N5O3/c1-18(2)9-5-3-4-8(6-9)13(20)15-7-10-16-12(11(14)19)17-21-10/h3-6H,7H2,1-2H3,(H2,14,19)(H,15,20). The van der Waals surface area contributed by atoms with Gasteiger partial charge in [-0.05, 0) is 18.2 Å². The van der Waals surface area contributed by atoms with E-state index in [0.29, 0.717) is 5.56 Å². The summed E-state index contributed by atoms with van der Waals surface area (Å²) in [5.74, 6) is -1.16. The molecule has 2 aromatic rings. The number of primary amides is 1. The molecule has 1 aromatic heterocycles. The summed E-state index contributed by atoms with van der Waals surface area (Å²) < 4.78 is 4.79. The first kappa shape index (κ1) is 14.5. The third-order valence-corrected chi connectivity index (χ3v) is 2.71. The number of hydrogen-bond donors (Lipinski definition) is 2. The van der Waals surface area contributed by atoms with Gasteiger partial charge in [-0.1, -0.05) is 11.2 Å². The lowest BCUT2D eigenvalue weighted by atomic mass is 10.2. The van der Waals surface area contributed by atoms with Gasteiger partial charge < -0.3 is 20.5 Å². The van der Waals surface area contributed by atoms with E-state index in [4.69, 9.17) is 10.3 Å². The van der Waals surface area contributed by atoms with Crippen molar-refractivity contribution < 1.29 is 14.1 Å². The van der Waals surface area contributed by atoms with Gasteiger partial charge in [0.2, 0.25) is 5.89 Å². The van der Waals surface area contributed by atoms with E-state index in [1.54, 1.807) is 18.2 Å². The summed E-state index contributed by atoms with van der Waals surface area (Å²) in [5.41, 5.74) is 6.43. The Labute approximate surface area is 120 Å². The number of hydrogen-bond acceptors (Lipinski definition) is 6. The van der Waals surface area contributed by atoms with Crippen molar-refractivity contribution in [2.24, 2.45) is 5.73 Å². The minimum Gasteiger partial charge on any atom is -0.378 e. The largest absolute Gasteiger partial charge is 0.378 e. The van der Waals surface area contributed by atoms with Gasteiger partial charge in [-0.15, -0.1) is 0 Å². The highest BCUT2D eigenvalue weighted by atomic mass is 16.5. The fraction of sp³-hybridized carbons (Fsp3) is 0.231. The second kappa shape index (κ2) is 6.04. The Hall–Kier alpha value is -2.90. The summed E-state index contributed by atoms with van der Waals surface area (Å²) in [6.07, 6.45) is 0. The van der Waals surface area contributed by atoms with Crippen LogP contribution in [0, 0.1) is 0 Å². The van der Waals surface area contributed by atoms with Crippen LogP contribution in [-0.4, -0.2) is 36.1 Å². The fourth-order valence-electron chi connectivity index (χ4n) is 1.61. The Morgan fingerprint density at radius 3 is 2.76 bits per heavy atom. The van der Waals surface area contributed by atoms with Crippen molar-refractivity contribution in [2.75, 3.05) is 19.0 Å². The van der Waals surface area contributed by atoms with E-state index in [1.807, 2.05) is 25.1 Å². The summed E-state index contributed by atoms with van der Waals surface area (Å²) in [5, 5.41) is 6.01. The molecule has 0 fully saturated rings. The van der Waals surface area contributed by atoms with Crippen LogP contribution in [0.15, 0.2) is 28.8 Å². The van der Waals surface area contributed by atoms with Crippen LogP contribution in [0.3, 0.4) is 0 Å². The fourth-order valence-corrected chi connectivity index (χ4v) is 1.61. The number of rotatable bonds is 5. The molecule has 0 radical (unpaired) electrons. The van der Waals surface area contributed by atoms with Gasteiger partial charge in [0.1, 0.15) is 0 Å². The van der Waals surface area contributed by atoms with Crippen LogP contribution in [-0.2, 0) is 6.54 Å². The first-order chi connectivity index (χ1) is 9.97. The van der Waals surface area contributed by atoms with Crippen LogP contribution in [0.25, 0.3) is 0 Å². The van der Waals surface area contributed by atoms with E-state index < -0.39 is 5.91 Å². The van der Waals surface area contributed by atoms with Crippen molar-refractivity contribution in [3.8, 4) is 0 Å². The maximum absolute atomic E-state index is 12.0. The van der Waals surface area contributed by atoms with E-state index in [0.717, 1.165) is 5.69 Å². The van der Waals surface area contributed by atoms with Crippen LogP contribution in [0.1, 0.15) is 26.9 Å². The quantitative estimate of drug-likeness (QED) is 0.810. The zero-order chi connectivity index (χ0) is 15.4. The number of carbonyl (C=O) groups excluding carboxylic acids is 2. The van der Waals surface area contributed by atoms with Crippen LogP contribution in [0.2, 0.25) is 0 Å². The molecule has 0 saturated carbocycles. The van der Waals surface area contributed by atoms with Gasteiger partial charge in [-0.2, -0.15) is 4.98 Å². The summed E-state index contributed by atoms with van der Waals surface area (Å²) in [6, 6.07) is 7.15. The minimum atomic E-state index is -0.782. The predicted molar refractivity (Wildman–Crippen MR) is 74.8 cm³/mol. The lowest BCUT2D eigenvalue weighted by molar-refractivity contribution is 0.0944. The van der Waals surface area contributed by atoms with E-state index in [-0.39, 0.29) is 24.2 Å². The monoisotopic (exact) mass is 289 g/mol. The number of anilines is 1. The van der Waals surface area contributed by atoms with E-state index in [9.17, 15) is 9.59 Å². The predicted octanol–water partition coefficient (Wildman–Crippen LogP) is 0.165. The molecule has 0 aliphatic heterocycles. The van der Waals surface area contributed by atoms with Crippen LogP contribution in [0.4, 0.5) is 5.69 Å². The Balaban J connectivity index is 2.01. The highest BCUT2D eigenvalue weighted by molar-refractivity contribution is 5.95. The van der Waals surface area contributed by atoms with Gasteiger partial charge in [0, 0.05) is 25.3 Å². The molecule has 1 aromatic carbocycles. The van der Waals surface area contributed by atoms with E-state index >= 15 is 0 Å². The van der Waals surface area contributed by atoms with Gasteiger partial charge in [-0.3, -0.25) is 9.59 Å². The van der Waals surface area contributed by atoms with Crippen molar-refractivity contribution in [2.45, 2.75) is 6.54 Å². The minimum absolute atomic E-state index is 0.0192. The van der Waals surface area contributed by atoms with Crippen LogP contribution >= 0.6 is 0 Å². The van der Waals surface area contributed by atoms with Gasteiger partial charge in [0.15, 0.2) is 0 Å². The first-order valence-electron chi connectivity index (χ1n) is 6.15. The topological polar surface area (TPSA) is 114 Å². The zero-order valence-corrected chi connectivity index (χ0v) is 11.7. The molecular weight excluding hydrogens is 274 g/mol. The molecule has 2 amide bonds. The normalized spacial score (nSPS) is 10.2. The Kier molecular flexibility index (Phi) is 4.17. The number of benzene rings is 1.